The monoisotopic (exact) mass is 235 g/mol. The fourth-order valence-electron chi connectivity index (χ4n) is 1.32. The molecule has 0 aliphatic carbocycles. The van der Waals surface area contributed by atoms with E-state index in [1.165, 1.54) is 18.3 Å². The molecule has 0 unspecified atom stereocenters. The van der Waals surface area contributed by atoms with Crippen molar-refractivity contribution in [3.63, 3.8) is 0 Å². The van der Waals surface area contributed by atoms with Crippen LogP contribution in [0.2, 0.25) is 0 Å². The Labute approximate surface area is 96.4 Å². The summed E-state index contributed by atoms with van der Waals surface area (Å²) >= 11 is 0. The number of carbonyl (C=O) groups is 1. The maximum Gasteiger partial charge on any atom is 0.253 e. The minimum atomic E-state index is -0.510. The number of benzene rings is 1. The van der Waals surface area contributed by atoms with E-state index in [9.17, 15) is 9.18 Å². The molecule has 0 radical (unpaired) electrons. The molecule has 88 valence electrons. The summed E-state index contributed by atoms with van der Waals surface area (Å²) in [5, 5.41) is 6.04. The van der Waals surface area contributed by atoms with E-state index in [-0.39, 0.29) is 17.8 Å². The molecule has 0 spiro atoms. The first-order chi connectivity index (χ1) is 8.16. The Balaban J connectivity index is 2.07. The lowest BCUT2D eigenvalue weighted by molar-refractivity contribution is 0.0947. The van der Waals surface area contributed by atoms with Gasteiger partial charge in [-0.15, -0.1) is 0 Å². The van der Waals surface area contributed by atoms with Crippen molar-refractivity contribution in [3.05, 3.63) is 47.6 Å². The Bertz CT molecular complexity index is 526. The van der Waals surface area contributed by atoms with Gasteiger partial charge in [-0.1, -0.05) is 5.16 Å². The normalized spacial score (nSPS) is 10.2. The average Bonchev–Trinajstić information content (AvgIpc) is 2.82. The van der Waals surface area contributed by atoms with E-state index in [1.807, 2.05) is 0 Å². The standard InChI is InChI=1S/C11H10FN3O2/c12-7-1-2-10(13)9(5-7)11(16)14-6-8-3-4-15-17-8/h1-5H,6,13H2,(H,14,16). The molecule has 17 heavy (non-hydrogen) atoms. The van der Waals surface area contributed by atoms with Crippen LogP contribution < -0.4 is 11.1 Å². The van der Waals surface area contributed by atoms with Crippen LogP contribution in [0.15, 0.2) is 35.0 Å². The maximum atomic E-state index is 13.0. The molecule has 3 N–H and O–H groups in total. The topological polar surface area (TPSA) is 81.2 Å². The number of aromatic nitrogens is 1. The highest BCUT2D eigenvalue weighted by Crippen LogP contribution is 2.13. The van der Waals surface area contributed by atoms with Crippen molar-refractivity contribution in [2.24, 2.45) is 0 Å². The summed E-state index contributed by atoms with van der Waals surface area (Å²) in [5.74, 6) is -0.462. The van der Waals surface area contributed by atoms with Crippen molar-refractivity contribution in [1.29, 1.82) is 0 Å². The van der Waals surface area contributed by atoms with E-state index in [1.54, 1.807) is 6.07 Å². The van der Waals surface area contributed by atoms with Crippen molar-refractivity contribution in [2.75, 3.05) is 5.73 Å². The zero-order valence-electron chi connectivity index (χ0n) is 8.81. The first kappa shape index (κ1) is 11.1. The molecular weight excluding hydrogens is 225 g/mol. The molecule has 0 saturated carbocycles. The summed E-state index contributed by atoms with van der Waals surface area (Å²) in [6.45, 7) is 0.175. The largest absolute Gasteiger partial charge is 0.398 e. The molecule has 0 bridgehead atoms. The number of hydrogen-bond acceptors (Lipinski definition) is 4. The lowest BCUT2D eigenvalue weighted by Gasteiger charge is -2.05. The molecule has 5 nitrogen and oxygen atoms in total. The highest BCUT2D eigenvalue weighted by molar-refractivity contribution is 5.99. The van der Waals surface area contributed by atoms with Gasteiger partial charge in [0.05, 0.1) is 18.3 Å². The Morgan fingerprint density at radius 1 is 1.47 bits per heavy atom. The fraction of sp³-hybridized carbons (Fsp3) is 0.0909. The molecule has 1 aromatic carbocycles. The van der Waals surface area contributed by atoms with Crippen LogP contribution in [0, 0.1) is 5.82 Å². The lowest BCUT2D eigenvalue weighted by Crippen LogP contribution is -2.23. The van der Waals surface area contributed by atoms with Gasteiger partial charge in [-0.25, -0.2) is 4.39 Å². The number of hydrogen-bond donors (Lipinski definition) is 2. The Kier molecular flexibility index (Phi) is 3.04. The molecule has 0 atom stereocenters. The third-order valence-electron chi connectivity index (χ3n) is 2.17. The van der Waals surface area contributed by atoms with Crippen LogP contribution in [0.1, 0.15) is 16.1 Å². The predicted octanol–water partition coefficient (Wildman–Crippen LogP) is 1.33. The summed E-state index contributed by atoms with van der Waals surface area (Å²) < 4.78 is 17.8. The second-order valence-corrected chi connectivity index (χ2v) is 3.39. The number of halogens is 1. The third kappa shape index (κ3) is 2.60. The molecule has 0 fully saturated rings. The zero-order chi connectivity index (χ0) is 12.3. The predicted molar refractivity (Wildman–Crippen MR) is 58.5 cm³/mol. The quantitative estimate of drug-likeness (QED) is 0.786. The Hall–Kier alpha value is -2.37. The van der Waals surface area contributed by atoms with Crippen molar-refractivity contribution < 1.29 is 13.7 Å². The van der Waals surface area contributed by atoms with Crippen LogP contribution in [0.3, 0.4) is 0 Å². The van der Waals surface area contributed by atoms with Gasteiger partial charge in [0, 0.05) is 11.8 Å². The van der Waals surface area contributed by atoms with E-state index in [2.05, 4.69) is 10.5 Å². The van der Waals surface area contributed by atoms with Crippen LogP contribution in [-0.4, -0.2) is 11.1 Å². The van der Waals surface area contributed by atoms with Gasteiger partial charge in [0.25, 0.3) is 5.91 Å². The van der Waals surface area contributed by atoms with Gasteiger partial charge >= 0.3 is 0 Å². The van der Waals surface area contributed by atoms with Crippen LogP contribution in [-0.2, 0) is 6.54 Å². The first-order valence-electron chi connectivity index (χ1n) is 4.89. The molecule has 1 aromatic heterocycles. The van der Waals surface area contributed by atoms with Crippen LogP contribution in [0.4, 0.5) is 10.1 Å². The molecule has 0 aliphatic heterocycles. The van der Waals surface area contributed by atoms with Crippen LogP contribution in [0.25, 0.3) is 0 Å². The zero-order valence-corrected chi connectivity index (χ0v) is 8.81. The number of carbonyl (C=O) groups excluding carboxylic acids is 1. The van der Waals surface area contributed by atoms with E-state index in [0.717, 1.165) is 6.07 Å². The molecule has 6 heteroatoms. The van der Waals surface area contributed by atoms with Crippen molar-refractivity contribution in [1.82, 2.24) is 10.5 Å². The molecular formula is C11H10FN3O2. The summed E-state index contributed by atoms with van der Waals surface area (Å²) in [5.41, 5.74) is 5.90. The minimum absolute atomic E-state index is 0.101. The van der Waals surface area contributed by atoms with Gasteiger partial charge in [-0.05, 0) is 18.2 Å². The van der Waals surface area contributed by atoms with Gasteiger partial charge in [0.15, 0.2) is 5.76 Å². The third-order valence-corrected chi connectivity index (χ3v) is 2.17. The number of rotatable bonds is 3. The number of nitrogen functional groups attached to an aromatic ring is 1. The summed E-state index contributed by atoms with van der Waals surface area (Å²) in [6, 6.07) is 5.25. The second kappa shape index (κ2) is 4.65. The first-order valence-corrected chi connectivity index (χ1v) is 4.89. The van der Waals surface area contributed by atoms with Crippen molar-refractivity contribution in [2.45, 2.75) is 6.54 Å². The van der Waals surface area contributed by atoms with Gasteiger partial charge in [0.1, 0.15) is 5.82 Å². The van der Waals surface area contributed by atoms with Gasteiger partial charge in [-0.2, -0.15) is 0 Å². The number of anilines is 1. The smallest absolute Gasteiger partial charge is 0.253 e. The highest BCUT2D eigenvalue weighted by atomic mass is 19.1. The van der Waals surface area contributed by atoms with Crippen molar-refractivity contribution in [3.8, 4) is 0 Å². The van der Waals surface area contributed by atoms with E-state index >= 15 is 0 Å². The molecule has 2 aromatic rings. The summed E-state index contributed by atoms with van der Waals surface area (Å²) in [7, 11) is 0. The molecule has 0 saturated heterocycles. The number of amides is 1. The lowest BCUT2D eigenvalue weighted by atomic mass is 10.1. The Morgan fingerprint density at radius 2 is 2.29 bits per heavy atom. The second-order valence-electron chi connectivity index (χ2n) is 3.39. The number of nitrogens with one attached hydrogen (secondary N) is 1. The van der Waals surface area contributed by atoms with Crippen molar-refractivity contribution >= 4 is 11.6 Å². The number of nitrogens with zero attached hydrogens (tertiary/aromatic N) is 1. The van der Waals surface area contributed by atoms with E-state index in [0.29, 0.717) is 5.76 Å². The van der Waals surface area contributed by atoms with Gasteiger partial charge in [0.2, 0.25) is 0 Å². The molecule has 0 aliphatic rings. The molecule has 1 amide bonds. The Morgan fingerprint density at radius 3 is 3.00 bits per heavy atom. The van der Waals surface area contributed by atoms with E-state index in [4.69, 9.17) is 10.3 Å². The maximum absolute atomic E-state index is 13.0. The van der Waals surface area contributed by atoms with Crippen LogP contribution >= 0.6 is 0 Å². The fourth-order valence-corrected chi connectivity index (χ4v) is 1.32. The van der Waals surface area contributed by atoms with Gasteiger partial charge < -0.3 is 15.6 Å². The summed E-state index contributed by atoms with van der Waals surface area (Å²) in [4.78, 5) is 11.7. The van der Waals surface area contributed by atoms with E-state index < -0.39 is 11.7 Å². The highest BCUT2D eigenvalue weighted by Gasteiger charge is 2.11. The molecule has 2 rings (SSSR count). The number of nitrogens with two attached hydrogens (primary N) is 1. The minimum Gasteiger partial charge on any atom is -0.398 e. The van der Waals surface area contributed by atoms with Gasteiger partial charge in [-0.3, -0.25) is 4.79 Å². The summed E-state index contributed by atoms with van der Waals surface area (Å²) in [6.07, 6.45) is 1.47. The average molecular weight is 235 g/mol. The van der Waals surface area contributed by atoms with Crippen LogP contribution in [0.5, 0.6) is 0 Å². The SMILES string of the molecule is Nc1ccc(F)cc1C(=O)NCc1ccno1. The molecule has 1 heterocycles.